The van der Waals surface area contributed by atoms with Crippen molar-refractivity contribution in [2.45, 2.75) is 0 Å². The molecule has 0 fully saturated rings. The van der Waals surface area contributed by atoms with Crippen molar-refractivity contribution in [3.8, 4) is 0 Å². The molecule has 0 unspecified atom stereocenters. The van der Waals surface area contributed by atoms with Crippen LogP contribution in [0.1, 0.15) is 0 Å². The van der Waals surface area contributed by atoms with E-state index < -0.39 is 4.92 Å². The standard InChI is InChI=1S/C4H7N5O2.ClH/c1-8-3(6-5)2-4(7-8)9(10)11;/h2,6H,5H2,1H3;1H. The van der Waals surface area contributed by atoms with Gasteiger partial charge in [-0.1, -0.05) is 0 Å². The number of hydrogen-bond donors (Lipinski definition) is 2. The first-order chi connectivity index (χ1) is 5.15. The third-order valence-electron chi connectivity index (χ3n) is 1.20. The molecule has 0 saturated carbocycles. The summed E-state index contributed by atoms with van der Waals surface area (Å²) in [6.07, 6.45) is 0. The number of rotatable bonds is 2. The zero-order valence-corrected chi connectivity index (χ0v) is 7.04. The van der Waals surface area contributed by atoms with Crippen LogP contribution in [0, 0.1) is 10.1 Å². The van der Waals surface area contributed by atoms with Crippen LogP contribution in [0.2, 0.25) is 0 Å². The number of aromatic nitrogens is 2. The summed E-state index contributed by atoms with van der Waals surface area (Å²) in [6, 6.07) is 1.25. The first-order valence-electron chi connectivity index (χ1n) is 2.80. The smallest absolute Gasteiger partial charge is 0.358 e. The summed E-state index contributed by atoms with van der Waals surface area (Å²) in [4.78, 5) is 9.56. The quantitative estimate of drug-likeness (QED) is 0.392. The second-order valence-corrected chi connectivity index (χ2v) is 1.91. The van der Waals surface area contributed by atoms with Crippen LogP contribution < -0.4 is 11.3 Å². The number of aryl methyl sites for hydroxylation is 1. The Bertz CT molecular complexity index is 285. The number of nitrogens with one attached hydrogen (secondary N) is 1. The molecule has 0 bridgehead atoms. The Morgan fingerprint density at radius 1 is 1.83 bits per heavy atom. The van der Waals surface area contributed by atoms with Crippen molar-refractivity contribution in [2.24, 2.45) is 12.9 Å². The SMILES string of the molecule is Cl.Cn1nc([N+](=O)[O-])cc1NN. The van der Waals surface area contributed by atoms with E-state index >= 15 is 0 Å². The molecule has 0 aliphatic heterocycles. The number of halogens is 1. The molecule has 1 heterocycles. The van der Waals surface area contributed by atoms with E-state index in [0.29, 0.717) is 5.82 Å². The number of nitrogen functional groups attached to an aromatic ring is 1. The summed E-state index contributed by atoms with van der Waals surface area (Å²) in [7, 11) is 1.56. The lowest BCUT2D eigenvalue weighted by molar-refractivity contribution is -0.389. The first kappa shape index (κ1) is 10.7. The van der Waals surface area contributed by atoms with Gasteiger partial charge in [-0.3, -0.25) is 0 Å². The molecule has 8 heteroatoms. The van der Waals surface area contributed by atoms with Crippen molar-refractivity contribution in [2.75, 3.05) is 5.43 Å². The van der Waals surface area contributed by atoms with Crippen LogP contribution in [0.15, 0.2) is 6.07 Å². The Labute approximate surface area is 74.1 Å². The van der Waals surface area contributed by atoms with Gasteiger partial charge in [0.1, 0.15) is 0 Å². The Morgan fingerprint density at radius 2 is 2.42 bits per heavy atom. The molecule has 7 nitrogen and oxygen atoms in total. The van der Waals surface area contributed by atoms with Gasteiger partial charge < -0.3 is 15.5 Å². The van der Waals surface area contributed by atoms with Gasteiger partial charge in [0.05, 0.1) is 18.2 Å². The van der Waals surface area contributed by atoms with E-state index in [1.807, 2.05) is 0 Å². The van der Waals surface area contributed by atoms with Gasteiger partial charge in [-0.25, -0.2) is 5.84 Å². The minimum absolute atomic E-state index is 0. The number of nitro groups is 1. The van der Waals surface area contributed by atoms with Gasteiger partial charge in [-0.2, -0.15) is 4.68 Å². The Balaban J connectivity index is 0.00000121. The van der Waals surface area contributed by atoms with E-state index in [-0.39, 0.29) is 18.2 Å². The Kier molecular flexibility index (Phi) is 3.45. The molecule has 0 radical (unpaired) electrons. The van der Waals surface area contributed by atoms with Gasteiger partial charge in [-0.15, -0.1) is 12.4 Å². The van der Waals surface area contributed by atoms with Gasteiger partial charge >= 0.3 is 5.82 Å². The maximum atomic E-state index is 10.1. The average Bonchev–Trinajstić information content (AvgIpc) is 2.31. The van der Waals surface area contributed by atoms with Crippen LogP contribution in [0.25, 0.3) is 0 Å². The summed E-state index contributed by atoms with van der Waals surface area (Å²) >= 11 is 0. The molecule has 0 aromatic carbocycles. The number of hydrogen-bond acceptors (Lipinski definition) is 5. The molecule has 0 spiro atoms. The molecule has 1 aromatic heterocycles. The fourth-order valence-electron chi connectivity index (χ4n) is 0.676. The topological polar surface area (TPSA) is 99.0 Å². The summed E-state index contributed by atoms with van der Waals surface area (Å²) in [6.45, 7) is 0. The van der Waals surface area contributed by atoms with Crippen LogP contribution in [-0.2, 0) is 7.05 Å². The third kappa shape index (κ3) is 1.83. The molecule has 12 heavy (non-hydrogen) atoms. The third-order valence-corrected chi connectivity index (χ3v) is 1.20. The highest BCUT2D eigenvalue weighted by Gasteiger charge is 2.13. The number of nitrogens with two attached hydrogens (primary N) is 1. The van der Waals surface area contributed by atoms with Crippen molar-refractivity contribution in [1.82, 2.24) is 9.78 Å². The van der Waals surface area contributed by atoms with E-state index in [9.17, 15) is 10.1 Å². The second kappa shape index (κ2) is 3.88. The van der Waals surface area contributed by atoms with Crippen LogP contribution in [-0.4, -0.2) is 14.7 Å². The molecule has 0 amide bonds. The Hall–Kier alpha value is -1.34. The number of hydrazine groups is 1. The highest BCUT2D eigenvalue weighted by atomic mass is 35.5. The molecule has 1 aromatic rings. The predicted molar refractivity (Wildman–Crippen MR) is 44.9 cm³/mol. The highest BCUT2D eigenvalue weighted by Crippen LogP contribution is 2.13. The zero-order valence-electron chi connectivity index (χ0n) is 6.22. The molecular weight excluding hydrogens is 186 g/mol. The fourth-order valence-corrected chi connectivity index (χ4v) is 0.676. The lowest BCUT2D eigenvalue weighted by Gasteiger charge is -1.91. The summed E-state index contributed by atoms with van der Waals surface area (Å²) < 4.78 is 1.29. The fraction of sp³-hybridized carbons (Fsp3) is 0.250. The van der Waals surface area contributed by atoms with E-state index in [0.717, 1.165) is 0 Å². The van der Waals surface area contributed by atoms with Crippen molar-refractivity contribution in [3.63, 3.8) is 0 Å². The summed E-state index contributed by atoms with van der Waals surface area (Å²) in [5.74, 6) is 5.21. The molecule has 68 valence electrons. The van der Waals surface area contributed by atoms with Crippen LogP contribution in [0.3, 0.4) is 0 Å². The monoisotopic (exact) mass is 193 g/mol. The summed E-state index contributed by atoms with van der Waals surface area (Å²) in [5, 5.41) is 13.7. The lowest BCUT2D eigenvalue weighted by Crippen LogP contribution is -2.10. The molecule has 0 atom stereocenters. The first-order valence-corrected chi connectivity index (χ1v) is 2.80. The van der Waals surface area contributed by atoms with Gasteiger partial charge in [0.2, 0.25) is 0 Å². The van der Waals surface area contributed by atoms with Crippen molar-refractivity contribution < 1.29 is 4.92 Å². The molecule has 0 saturated heterocycles. The number of anilines is 1. The van der Waals surface area contributed by atoms with Gasteiger partial charge in [-0.05, 0) is 4.92 Å². The molecule has 0 aliphatic rings. The van der Waals surface area contributed by atoms with Crippen LogP contribution in [0.4, 0.5) is 11.6 Å². The largest absolute Gasteiger partial charge is 0.392 e. The van der Waals surface area contributed by atoms with Gasteiger partial charge in [0.15, 0.2) is 5.82 Å². The van der Waals surface area contributed by atoms with Crippen molar-refractivity contribution in [1.29, 1.82) is 0 Å². The van der Waals surface area contributed by atoms with E-state index in [4.69, 9.17) is 5.84 Å². The average molecular weight is 194 g/mol. The minimum atomic E-state index is -0.582. The maximum absolute atomic E-state index is 10.1. The van der Waals surface area contributed by atoms with Gasteiger partial charge in [0.25, 0.3) is 0 Å². The second-order valence-electron chi connectivity index (χ2n) is 1.91. The molecule has 0 aliphatic carbocycles. The van der Waals surface area contributed by atoms with E-state index in [2.05, 4.69) is 10.5 Å². The predicted octanol–water partition coefficient (Wildman–Crippen LogP) is 0.0357. The van der Waals surface area contributed by atoms with Crippen molar-refractivity contribution in [3.05, 3.63) is 16.2 Å². The normalized spacial score (nSPS) is 8.83. The lowest BCUT2D eigenvalue weighted by atomic mass is 10.6. The molecular formula is C4H8ClN5O2. The van der Waals surface area contributed by atoms with Crippen LogP contribution in [0.5, 0.6) is 0 Å². The highest BCUT2D eigenvalue weighted by molar-refractivity contribution is 5.85. The Morgan fingerprint density at radius 3 is 2.67 bits per heavy atom. The molecule has 3 N–H and O–H groups in total. The van der Waals surface area contributed by atoms with E-state index in [1.165, 1.54) is 10.7 Å². The summed E-state index contributed by atoms with van der Waals surface area (Å²) in [5.41, 5.74) is 2.27. The maximum Gasteiger partial charge on any atom is 0.392 e. The molecule has 1 rings (SSSR count). The van der Waals surface area contributed by atoms with E-state index in [1.54, 1.807) is 7.05 Å². The number of nitrogens with zero attached hydrogens (tertiary/aromatic N) is 3. The van der Waals surface area contributed by atoms with Crippen molar-refractivity contribution >= 4 is 24.0 Å². The minimum Gasteiger partial charge on any atom is -0.358 e. The van der Waals surface area contributed by atoms with Gasteiger partial charge in [0, 0.05) is 0 Å². The zero-order chi connectivity index (χ0) is 8.43. The van der Waals surface area contributed by atoms with Crippen LogP contribution >= 0.6 is 12.4 Å².